The first kappa shape index (κ1) is 38.5. The molecule has 266 valence electrons. The summed E-state index contributed by atoms with van der Waals surface area (Å²) in [4.78, 5) is 88.8. The number of halogens is 1. The lowest BCUT2D eigenvalue weighted by molar-refractivity contribution is -0.144. The van der Waals surface area contributed by atoms with Gasteiger partial charge < -0.3 is 42.7 Å². The van der Waals surface area contributed by atoms with E-state index in [-0.39, 0.29) is 57.5 Å². The number of nitrogens with one attached hydrogen (secondary N) is 4. The van der Waals surface area contributed by atoms with E-state index in [2.05, 4.69) is 21.3 Å². The molecule has 0 saturated carbocycles. The third-order valence-electron chi connectivity index (χ3n) is 8.26. The van der Waals surface area contributed by atoms with Crippen molar-refractivity contribution < 1.29 is 38.7 Å². The number of urea groups is 1. The Hall–Kier alpha value is -4.92. The molecule has 2 aromatic rings. The van der Waals surface area contributed by atoms with Crippen LogP contribution in [0.4, 0.5) is 4.79 Å². The van der Waals surface area contributed by atoms with E-state index in [1.54, 1.807) is 0 Å². The van der Waals surface area contributed by atoms with E-state index >= 15 is 0 Å². The minimum absolute atomic E-state index is 0.0119. The van der Waals surface area contributed by atoms with E-state index in [4.69, 9.17) is 28.2 Å². The van der Waals surface area contributed by atoms with Gasteiger partial charge in [0.2, 0.25) is 29.5 Å². The number of rotatable bonds is 18. The summed E-state index contributed by atoms with van der Waals surface area (Å²) in [5.74, 6) is -4.52. The molecule has 15 nitrogen and oxygen atoms in total. The highest BCUT2D eigenvalue weighted by atomic mass is 35.5. The van der Waals surface area contributed by atoms with Gasteiger partial charge in [0.25, 0.3) is 0 Å². The summed E-state index contributed by atoms with van der Waals surface area (Å²) in [7, 11) is 0. The topological polar surface area (TPSA) is 243 Å². The Morgan fingerprint density at radius 3 is 2.33 bits per heavy atom. The molecule has 1 aliphatic heterocycles. The van der Waals surface area contributed by atoms with Crippen molar-refractivity contribution in [3.63, 3.8) is 0 Å². The first-order valence-electron chi connectivity index (χ1n) is 16.2. The molecule has 7 amide bonds. The second kappa shape index (κ2) is 19.2. The molecule has 3 rings (SSSR count). The largest absolute Gasteiger partial charge is 0.481 e. The van der Waals surface area contributed by atoms with Crippen molar-refractivity contribution in [1.29, 1.82) is 0 Å². The number of carboxylic acids is 1. The molecule has 16 heteroatoms. The number of benzene rings is 2. The summed E-state index contributed by atoms with van der Waals surface area (Å²) in [6.45, 7) is 0.404. The highest BCUT2D eigenvalue weighted by molar-refractivity contribution is 6.27. The van der Waals surface area contributed by atoms with E-state index in [0.29, 0.717) is 19.3 Å². The Morgan fingerprint density at radius 1 is 0.918 bits per heavy atom. The normalized spacial score (nSPS) is 16.1. The standard InChI is InChI=1S/C33H44ClN7O8/c34-19-27(42)38-23(12-13-29(44)45)18-28(43)41-15-4-3-9-26(41)32(48)40-25(17-20-10-11-21-6-1-2-7-22(21)16-20)31(47)39-24(30(35)46)8-5-14-37-33(36)49/h1-2,6-7,10-11,16,23-26H,3-5,8-9,12-15,17-19H2,(H2,35,46)(H,38,42)(H,39,47)(H,40,48)(H,44,45)(H3,36,37,49)/t23-,24-,25-,26-/m0/s1. The van der Waals surface area contributed by atoms with Gasteiger partial charge in [0.1, 0.15) is 24.0 Å². The number of likely N-dealkylation sites (tertiary alicyclic amines) is 1. The van der Waals surface area contributed by atoms with E-state index in [9.17, 15) is 33.6 Å². The van der Waals surface area contributed by atoms with Crippen molar-refractivity contribution >= 4 is 63.9 Å². The van der Waals surface area contributed by atoms with Gasteiger partial charge in [-0.15, -0.1) is 11.6 Å². The summed E-state index contributed by atoms with van der Waals surface area (Å²) in [6, 6.07) is 8.52. The van der Waals surface area contributed by atoms with Gasteiger partial charge in [-0.3, -0.25) is 28.8 Å². The number of hydrogen-bond acceptors (Lipinski definition) is 7. The zero-order valence-corrected chi connectivity index (χ0v) is 27.9. The van der Waals surface area contributed by atoms with E-state index in [1.165, 1.54) is 4.90 Å². The Kier molecular flexibility index (Phi) is 15.1. The quantitative estimate of drug-likeness (QED) is 0.0857. The molecule has 0 bridgehead atoms. The van der Waals surface area contributed by atoms with Crippen molar-refractivity contribution in [1.82, 2.24) is 26.2 Å². The molecule has 4 atom stereocenters. The summed E-state index contributed by atoms with van der Waals surface area (Å²) in [5.41, 5.74) is 11.4. The number of alkyl halides is 1. The maximum absolute atomic E-state index is 13.9. The van der Waals surface area contributed by atoms with E-state index < -0.39 is 65.7 Å². The number of carbonyl (C=O) groups excluding carboxylic acids is 6. The average molecular weight is 702 g/mol. The van der Waals surface area contributed by atoms with Gasteiger partial charge in [-0.1, -0.05) is 42.5 Å². The van der Waals surface area contributed by atoms with Crippen LogP contribution in [0.2, 0.25) is 0 Å². The second-order valence-corrected chi connectivity index (χ2v) is 12.2. The van der Waals surface area contributed by atoms with Crippen LogP contribution >= 0.6 is 11.6 Å². The van der Waals surface area contributed by atoms with Crippen LogP contribution in [0.25, 0.3) is 10.8 Å². The molecule has 0 aliphatic carbocycles. The van der Waals surface area contributed by atoms with Crippen molar-refractivity contribution in [2.45, 2.75) is 82.0 Å². The summed E-state index contributed by atoms with van der Waals surface area (Å²) in [6.07, 6.45) is 1.47. The van der Waals surface area contributed by atoms with E-state index in [1.807, 2.05) is 42.5 Å². The third-order valence-corrected chi connectivity index (χ3v) is 8.50. The van der Waals surface area contributed by atoms with E-state index in [0.717, 1.165) is 16.3 Å². The Balaban J connectivity index is 1.81. The molecule has 0 radical (unpaired) electrons. The van der Waals surface area contributed by atoms with Gasteiger partial charge in [0.15, 0.2) is 0 Å². The SMILES string of the molecule is NC(=O)NCCC[C@H](NC(=O)[C@H](Cc1ccc2ccccc2c1)NC(=O)[C@@H]1CCCCN1C(=O)C[C@H](CCC(=O)O)NC(=O)CCl)C(N)=O. The zero-order valence-electron chi connectivity index (χ0n) is 27.1. The fourth-order valence-corrected chi connectivity index (χ4v) is 5.85. The third kappa shape index (κ3) is 12.6. The molecule has 1 aliphatic rings. The van der Waals surface area contributed by atoms with Crippen LogP contribution in [0.3, 0.4) is 0 Å². The van der Waals surface area contributed by atoms with Crippen LogP contribution in [0, 0.1) is 0 Å². The number of nitrogens with two attached hydrogens (primary N) is 2. The number of amides is 7. The Labute approximate surface area is 288 Å². The van der Waals surface area contributed by atoms with Crippen LogP contribution in [0.15, 0.2) is 42.5 Å². The molecular weight excluding hydrogens is 658 g/mol. The van der Waals surface area contributed by atoms with Crippen LogP contribution in [-0.2, 0) is 35.2 Å². The van der Waals surface area contributed by atoms with Crippen molar-refractivity contribution in [3.05, 3.63) is 48.0 Å². The second-order valence-electron chi connectivity index (χ2n) is 12.0. The molecule has 49 heavy (non-hydrogen) atoms. The highest BCUT2D eigenvalue weighted by Gasteiger charge is 2.36. The first-order chi connectivity index (χ1) is 23.4. The predicted molar refractivity (Wildman–Crippen MR) is 181 cm³/mol. The van der Waals surface area contributed by atoms with Gasteiger partial charge >= 0.3 is 12.0 Å². The number of piperidine rings is 1. The van der Waals surface area contributed by atoms with Gasteiger partial charge in [0.05, 0.1) is 0 Å². The Bertz CT molecular complexity index is 1520. The number of carboxylic acid groups (broad SMARTS) is 1. The first-order valence-corrected chi connectivity index (χ1v) is 16.7. The number of aliphatic carboxylic acids is 1. The van der Waals surface area contributed by atoms with Gasteiger partial charge in [-0.2, -0.15) is 0 Å². The lowest BCUT2D eigenvalue weighted by Crippen LogP contribution is -2.58. The lowest BCUT2D eigenvalue weighted by Gasteiger charge is -2.36. The Morgan fingerprint density at radius 2 is 1.65 bits per heavy atom. The molecule has 1 saturated heterocycles. The summed E-state index contributed by atoms with van der Waals surface area (Å²) < 4.78 is 0. The lowest BCUT2D eigenvalue weighted by atomic mass is 9.97. The van der Waals surface area contributed by atoms with Gasteiger partial charge in [-0.05, 0) is 54.9 Å². The van der Waals surface area contributed by atoms with Crippen molar-refractivity contribution in [2.24, 2.45) is 11.5 Å². The minimum atomic E-state index is -1.16. The fraction of sp³-hybridized carbons (Fsp3) is 0.485. The van der Waals surface area contributed by atoms with Crippen LogP contribution in [-0.4, -0.2) is 94.7 Å². The molecule has 0 aromatic heterocycles. The molecule has 1 heterocycles. The number of hydrogen-bond donors (Lipinski definition) is 7. The molecule has 1 fully saturated rings. The molecule has 9 N–H and O–H groups in total. The molecular formula is C33H44ClN7O8. The fourth-order valence-electron chi connectivity index (χ4n) is 5.77. The van der Waals surface area contributed by atoms with Crippen LogP contribution < -0.4 is 32.7 Å². The number of fused-ring (bicyclic) bond motifs is 1. The summed E-state index contributed by atoms with van der Waals surface area (Å²) in [5, 5.41) is 21.4. The zero-order chi connectivity index (χ0) is 35.9. The van der Waals surface area contributed by atoms with Crippen molar-refractivity contribution in [2.75, 3.05) is 19.0 Å². The number of nitrogens with zero attached hydrogens (tertiary/aromatic N) is 1. The average Bonchev–Trinajstić information content (AvgIpc) is 3.07. The van der Waals surface area contributed by atoms with Gasteiger partial charge in [-0.25, -0.2) is 4.79 Å². The maximum Gasteiger partial charge on any atom is 0.312 e. The maximum atomic E-state index is 13.9. The number of primary amides is 2. The summed E-state index contributed by atoms with van der Waals surface area (Å²) >= 11 is 5.61. The van der Waals surface area contributed by atoms with Crippen molar-refractivity contribution in [3.8, 4) is 0 Å². The van der Waals surface area contributed by atoms with Gasteiger partial charge in [0, 0.05) is 38.4 Å². The monoisotopic (exact) mass is 701 g/mol. The highest BCUT2D eigenvalue weighted by Crippen LogP contribution is 2.21. The smallest absolute Gasteiger partial charge is 0.312 e. The van der Waals surface area contributed by atoms with Crippen LogP contribution in [0.5, 0.6) is 0 Å². The number of carbonyl (C=O) groups is 7. The molecule has 0 spiro atoms. The minimum Gasteiger partial charge on any atom is -0.481 e. The molecule has 0 unspecified atom stereocenters. The predicted octanol–water partition coefficient (Wildman–Crippen LogP) is 0.645. The molecule has 2 aromatic carbocycles. The van der Waals surface area contributed by atoms with Crippen LogP contribution in [0.1, 0.15) is 56.9 Å².